The Hall–Kier alpha value is -3.24. The molecule has 2 heterocycles. The molecule has 0 aliphatic heterocycles. The normalized spacial score (nSPS) is 10.9. The molecule has 0 radical (unpaired) electrons. The number of hydrogen-bond acceptors (Lipinski definition) is 3. The maximum absolute atomic E-state index is 11.5. The van der Waals surface area contributed by atoms with Gasteiger partial charge in [-0.1, -0.05) is 54.6 Å². The van der Waals surface area contributed by atoms with Gasteiger partial charge in [-0.3, -0.25) is 9.78 Å². The summed E-state index contributed by atoms with van der Waals surface area (Å²) in [5.41, 5.74) is 11.1. The van der Waals surface area contributed by atoms with E-state index in [-0.39, 0.29) is 5.69 Å². The molecule has 0 spiro atoms. The van der Waals surface area contributed by atoms with E-state index >= 15 is 0 Å². The number of pyridine rings is 2. The zero-order valence-corrected chi connectivity index (χ0v) is 15.1. The van der Waals surface area contributed by atoms with Crippen LogP contribution in [0.25, 0.3) is 33.3 Å². The van der Waals surface area contributed by atoms with Gasteiger partial charge in [-0.15, -0.1) is 11.6 Å². The van der Waals surface area contributed by atoms with E-state index in [9.17, 15) is 4.79 Å². The SMILES string of the molecule is NC(=O)c1cc2nc(-c3ccc(CCl)cc3)c(-c3ccccc3)cc2cn1. The van der Waals surface area contributed by atoms with Crippen LogP contribution in [-0.2, 0) is 5.88 Å². The first-order chi connectivity index (χ1) is 13.2. The van der Waals surface area contributed by atoms with Gasteiger partial charge in [0.15, 0.2) is 0 Å². The maximum Gasteiger partial charge on any atom is 0.267 e. The van der Waals surface area contributed by atoms with Crippen LogP contribution in [0, 0.1) is 0 Å². The molecule has 0 atom stereocenters. The highest BCUT2D eigenvalue weighted by Crippen LogP contribution is 2.33. The second-order valence-electron chi connectivity index (χ2n) is 6.21. The van der Waals surface area contributed by atoms with Crippen LogP contribution in [0.15, 0.2) is 72.9 Å². The quantitative estimate of drug-likeness (QED) is 0.522. The van der Waals surface area contributed by atoms with E-state index < -0.39 is 5.91 Å². The van der Waals surface area contributed by atoms with E-state index in [1.165, 1.54) is 0 Å². The lowest BCUT2D eigenvalue weighted by Gasteiger charge is -2.12. The molecule has 0 fully saturated rings. The summed E-state index contributed by atoms with van der Waals surface area (Å²) in [6.45, 7) is 0. The first kappa shape index (κ1) is 17.2. The van der Waals surface area contributed by atoms with Crippen molar-refractivity contribution in [2.75, 3.05) is 0 Å². The molecule has 1 amide bonds. The first-order valence-corrected chi connectivity index (χ1v) is 9.00. The summed E-state index contributed by atoms with van der Waals surface area (Å²) in [6.07, 6.45) is 1.63. The van der Waals surface area contributed by atoms with E-state index in [0.717, 1.165) is 33.3 Å². The van der Waals surface area contributed by atoms with Gasteiger partial charge in [-0.2, -0.15) is 0 Å². The highest BCUT2D eigenvalue weighted by Gasteiger charge is 2.13. The predicted molar refractivity (Wildman–Crippen MR) is 108 cm³/mol. The smallest absolute Gasteiger partial charge is 0.267 e. The number of amides is 1. The van der Waals surface area contributed by atoms with Gasteiger partial charge in [0.05, 0.1) is 11.2 Å². The van der Waals surface area contributed by atoms with Crippen molar-refractivity contribution in [3.8, 4) is 22.4 Å². The van der Waals surface area contributed by atoms with Crippen LogP contribution in [0.1, 0.15) is 16.1 Å². The third-order valence-corrected chi connectivity index (χ3v) is 4.73. The van der Waals surface area contributed by atoms with Crippen molar-refractivity contribution in [3.05, 3.63) is 84.2 Å². The number of nitrogens with two attached hydrogens (primary N) is 1. The summed E-state index contributed by atoms with van der Waals surface area (Å²) in [5, 5.41) is 0.847. The number of fused-ring (bicyclic) bond motifs is 1. The summed E-state index contributed by atoms with van der Waals surface area (Å²) in [5.74, 6) is -0.108. The minimum atomic E-state index is -0.571. The van der Waals surface area contributed by atoms with Crippen LogP contribution in [0.4, 0.5) is 0 Å². The molecule has 4 nitrogen and oxygen atoms in total. The standard InChI is InChI=1S/C22H16ClN3O/c23-12-14-6-8-16(9-7-14)21-18(15-4-2-1-3-5-15)10-17-13-25-20(22(24)27)11-19(17)26-21/h1-11,13H,12H2,(H2,24,27). The van der Waals surface area contributed by atoms with E-state index in [1.807, 2.05) is 60.7 Å². The first-order valence-electron chi connectivity index (χ1n) is 8.47. The number of alkyl halides is 1. The minimum Gasteiger partial charge on any atom is -0.364 e. The molecule has 0 saturated carbocycles. The van der Waals surface area contributed by atoms with Crippen LogP contribution >= 0.6 is 11.6 Å². The average molecular weight is 374 g/mol. The fourth-order valence-electron chi connectivity index (χ4n) is 3.01. The highest BCUT2D eigenvalue weighted by molar-refractivity contribution is 6.17. The molecule has 0 unspecified atom stereocenters. The number of hydrogen-bond donors (Lipinski definition) is 1. The molecule has 0 bridgehead atoms. The monoisotopic (exact) mass is 373 g/mol. The average Bonchev–Trinajstić information content (AvgIpc) is 2.73. The molecule has 2 aromatic heterocycles. The molecule has 5 heteroatoms. The molecule has 132 valence electrons. The lowest BCUT2D eigenvalue weighted by molar-refractivity contribution is 0.0995. The van der Waals surface area contributed by atoms with Crippen molar-refractivity contribution in [2.45, 2.75) is 5.88 Å². The molecule has 0 aliphatic rings. The van der Waals surface area contributed by atoms with Crippen molar-refractivity contribution in [1.29, 1.82) is 0 Å². The number of halogens is 1. The third-order valence-electron chi connectivity index (χ3n) is 4.42. The summed E-state index contributed by atoms with van der Waals surface area (Å²) < 4.78 is 0. The summed E-state index contributed by atoms with van der Waals surface area (Å²) in [7, 11) is 0. The van der Waals surface area contributed by atoms with Crippen LogP contribution in [0.5, 0.6) is 0 Å². The van der Waals surface area contributed by atoms with Gasteiger partial charge in [0.2, 0.25) is 0 Å². The molecule has 27 heavy (non-hydrogen) atoms. The Balaban J connectivity index is 1.97. The fraction of sp³-hybridized carbons (Fsp3) is 0.0455. The number of nitrogens with zero attached hydrogens (tertiary/aromatic N) is 2. The molecule has 0 aliphatic carbocycles. The Morgan fingerprint density at radius 2 is 1.70 bits per heavy atom. The van der Waals surface area contributed by atoms with E-state index in [2.05, 4.69) is 4.98 Å². The van der Waals surface area contributed by atoms with Crippen molar-refractivity contribution in [2.24, 2.45) is 5.73 Å². The zero-order chi connectivity index (χ0) is 18.8. The van der Waals surface area contributed by atoms with E-state index in [1.54, 1.807) is 12.3 Å². The minimum absolute atomic E-state index is 0.200. The van der Waals surface area contributed by atoms with Gasteiger partial charge in [0, 0.05) is 28.6 Å². The van der Waals surface area contributed by atoms with Gasteiger partial charge in [0.25, 0.3) is 5.91 Å². The van der Waals surface area contributed by atoms with Crippen LogP contribution in [0.2, 0.25) is 0 Å². The number of rotatable bonds is 4. The zero-order valence-electron chi connectivity index (χ0n) is 14.4. The number of benzene rings is 2. The van der Waals surface area contributed by atoms with Gasteiger partial charge in [-0.05, 0) is 23.3 Å². The topological polar surface area (TPSA) is 68.9 Å². The number of carbonyl (C=O) groups is 1. The van der Waals surface area contributed by atoms with Gasteiger partial charge in [0.1, 0.15) is 5.69 Å². The number of carbonyl (C=O) groups excluding carboxylic acids is 1. The number of primary amides is 1. The lowest BCUT2D eigenvalue weighted by Crippen LogP contribution is -2.12. The summed E-state index contributed by atoms with van der Waals surface area (Å²) >= 11 is 5.91. The van der Waals surface area contributed by atoms with Crippen molar-refractivity contribution in [3.63, 3.8) is 0 Å². The van der Waals surface area contributed by atoms with Crippen molar-refractivity contribution >= 4 is 28.4 Å². The predicted octanol–water partition coefficient (Wildman–Crippen LogP) is 4.80. The molecule has 2 N–H and O–H groups in total. The largest absolute Gasteiger partial charge is 0.364 e. The van der Waals surface area contributed by atoms with Crippen molar-refractivity contribution < 1.29 is 4.79 Å². The Morgan fingerprint density at radius 3 is 2.37 bits per heavy atom. The number of aromatic nitrogens is 2. The Kier molecular flexibility index (Phi) is 4.57. The van der Waals surface area contributed by atoms with Crippen LogP contribution in [0.3, 0.4) is 0 Å². The molecular formula is C22H16ClN3O. The van der Waals surface area contributed by atoms with Gasteiger partial charge < -0.3 is 5.73 Å². The van der Waals surface area contributed by atoms with E-state index in [0.29, 0.717) is 11.4 Å². The van der Waals surface area contributed by atoms with E-state index in [4.69, 9.17) is 22.3 Å². The van der Waals surface area contributed by atoms with Gasteiger partial charge in [-0.25, -0.2) is 4.98 Å². The van der Waals surface area contributed by atoms with Crippen LogP contribution in [-0.4, -0.2) is 15.9 Å². The van der Waals surface area contributed by atoms with Crippen LogP contribution < -0.4 is 5.73 Å². The third kappa shape index (κ3) is 3.39. The Bertz CT molecular complexity index is 1130. The fourth-order valence-corrected chi connectivity index (χ4v) is 3.19. The molecule has 4 aromatic rings. The second kappa shape index (κ2) is 7.17. The second-order valence-corrected chi connectivity index (χ2v) is 6.47. The van der Waals surface area contributed by atoms with Gasteiger partial charge >= 0.3 is 0 Å². The van der Waals surface area contributed by atoms with Crippen molar-refractivity contribution in [1.82, 2.24) is 9.97 Å². The highest BCUT2D eigenvalue weighted by atomic mass is 35.5. The molecule has 2 aromatic carbocycles. The Morgan fingerprint density at radius 1 is 0.963 bits per heavy atom. The lowest BCUT2D eigenvalue weighted by atomic mass is 9.97. The molecular weight excluding hydrogens is 358 g/mol. The summed E-state index contributed by atoms with van der Waals surface area (Å²) in [6, 6.07) is 21.7. The summed E-state index contributed by atoms with van der Waals surface area (Å²) in [4.78, 5) is 20.5. The molecule has 4 rings (SSSR count). The maximum atomic E-state index is 11.5. The molecule has 0 saturated heterocycles. The Labute approximate surface area is 161 Å².